The molecule has 436 valence electrons. The van der Waals surface area contributed by atoms with Crippen molar-refractivity contribution in [1.82, 2.24) is 33.9 Å². The Kier molecular flexibility index (Phi) is 23.6. The van der Waals surface area contributed by atoms with E-state index >= 15 is 0 Å². The average Bonchev–Trinajstić information content (AvgIpc) is 3.76. The van der Waals surface area contributed by atoms with E-state index < -0.39 is 43.8 Å². The normalized spacial score (nSPS) is 14.6. The van der Waals surface area contributed by atoms with Gasteiger partial charge in [-0.05, 0) is 142 Å². The van der Waals surface area contributed by atoms with Crippen LogP contribution in [0.2, 0.25) is 0 Å². The number of hydrogen-bond acceptors (Lipinski definition) is 18. The molecule has 0 aliphatic carbocycles. The highest BCUT2D eigenvalue weighted by Gasteiger charge is 2.29. The predicted octanol–water partition coefficient (Wildman–Crippen LogP) is 2.45. The number of nitriles is 2. The number of aryl methyl sites for hydroxylation is 4. The summed E-state index contributed by atoms with van der Waals surface area (Å²) >= 11 is 0. The predicted molar refractivity (Wildman–Crippen MR) is 308 cm³/mol. The third-order valence-electron chi connectivity index (χ3n) is 12.9. The zero-order valence-corrected chi connectivity index (χ0v) is 50.6. The maximum Gasteiger partial charge on any atom is 0.474 e. The highest BCUT2D eigenvalue weighted by Crippen LogP contribution is 2.33. The number of hydrogen-bond donors (Lipinski definition) is 4. The van der Waals surface area contributed by atoms with Crippen molar-refractivity contribution in [2.45, 2.75) is 93.3 Å². The molecule has 5 N–H and O–H groups in total. The van der Waals surface area contributed by atoms with Crippen molar-refractivity contribution in [2.75, 3.05) is 107 Å². The minimum Gasteiger partial charge on any atom is -1.00 e. The fraction of sp³-hybridized carbons (Fsp3) is 0.509. The Labute approximate surface area is 479 Å². The molecule has 2 saturated heterocycles. The molecule has 5 heterocycles. The summed E-state index contributed by atoms with van der Waals surface area (Å²) in [5, 5.41) is 21.4. The van der Waals surface area contributed by atoms with Crippen molar-refractivity contribution in [3.8, 4) is 12.1 Å². The van der Waals surface area contributed by atoms with E-state index in [1.807, 2.05) is 28.4 Å². The second-order valence-corrected chi connectivity index (χ2v) is 24.8. The van der Waals surface area contributed by atoms with Gasteiger partial charge in [0.2, 0.25) is 0 Å². The average molecular weight is 1160 g/mol. The van der Waals surface area contributed by atoms with Crippen LogP contribution in [0.1, 0.15) is 87.8 Å². The zero-order valence-electron chi connectivity index (χ0n) is 48.2. The monoisotopic (exact) mass is 1160 g/mol. The first-order chi connectivity index (χ1) is 37.0. The smallest absolute Gasteiger partial charge is 0.474 e. The summed E-state index contributed by atoms with van der Waals surface area (Å²) in [6, 6.07) is 16.3. The third-order valence-corrected chi connectivity index (χ3v) is 15.2. The van der Waals surface area contributed by atoms with Crippen LogP contribution in [0.5, 0.6) is 0 Å². The van der Waals surface area contributed by atoms with Gasteiger partial charge in [-0.25, -0.2) is 14.3 Å². The van der Waals surface area contributed by atoms with Crippen molar-refractivity contribution >= 4 is 71.5 Å². The van der Waals surface area contributed by atoms with E-state index in [2.05, 4.69) is 98.4 Å². The molecule has 0 saturated carbocycles. The van der Waals surface area contributed by atoms with Crippen LogP contribution >= 0.6 is 0 Å². The Balaban J connectivity index is 0.000000269. The minimum absolute atomic E-state index is 0. The van der Waals surface area contributed by atoms with E-state index in [1.54, 1.807) is 66.1 Å². The van der Waals surface area contributed by atoms with Gasteiger partial charge in [0.1, 0.15) is 23.3 Å². The summed E-state index contributed by atoms with van der Waals surface area (Å²) in [6.07, 6.45) is 5.98. The summed E-state index contributed by atoms with van der Waals surface area (Å²) in [6.45, 7) is 27.4. The lowest BCUT2D eigenvalue weighted by molar-refractivity contribution is -0.512. The lowest BCUT2D eigenvalue weighted by Gasteiger charge is -2.26. The first-order valence-corrected chi connectivity index (χ1v) is 29.2. The molecular formula is C55H79ClN14O8S2. The number of rotatable bonds is 12. The molecule has 7 rings (SSSR count). The maximum absolute atomic E-state index is 12.1. The molecule has 25 heteroatoms. The molecule has 0 atom stereocenters. The van der Waals surface area contributed by atoms with Crippen molar-refractivity contribution in [1.29, 1.82) is 10.5 Å². The molecule has 2 aliphatic heterocycles. The second-order valence-electron chi connectivity index (χ2n) is 21.7. The van der Waals surface area contributed by atoms with Gasteiger partial charge in [-0.1, -0.05) is 3.97 Å². The van der Waals surface area contributed by atoms with E-state index in [1.165, 1.54) is 23.5 Å². The summed E-state index contributed by atoms with van der Waals surface area (Å²) < 4.78 is 65.1. The molecule has 0 unspecified atom stereocenters. The van der Waals surface area contributed by atoms with Crippen LogP contribution < -0.4 is 51.0 Å². The fourth-order valence-electron chi connectivity index (χ4n) is 8.84. The van der Waals surface area contributed by atoms with Crippen molar-refractivity contribution in [3.05, 3.63) is 94.6 Å². The van der Waals surface area contributed by atoms with Gasteiger partial charge in [-0.2, -0.15) is 28.4 Å². The summed E-state index contributed by atoms with van der Waals surface area (Å²) in [4.78, 5) is 43.2. The third kappa shape index (κ3) is 19.3. The second kappa shape index (κ2) is 28.7. The number of aromatic nitrogens is 3. The molecule has 80 heavy (non-hydrogen) atoms. The number of amides is 2. The fourth-order valence-corrected chi connectivity index (χ4v) is 10.3. The van der Waals surface area contributed by atoms with Crippen LogP contribution in [0.3, 0.4) is 0 Å². The molecule has 2 fully saturated rings. The van der Waals surface area contributed by atoms with Gasteiger partial charge in [0, 0.05) is 121 Å². The van der Waals surface area contributed by atoms with Gasteiger partial charge in [-0.15, -0.1) is 8.42 Å². The van der Waals surface area contributed by atoms with Crippen LogP contribution in [0.15, 0.2) is 61.2 Å². The number of pyridine rings is 3. The number of halogens is 1. The standard InChI is InChI=1S/C24H34N6O4S.C19H25N5.C12H19N3O4S.ClH/c1-17-13-20-21(14-18(17)2)26-16-19(15-25)22(20)30-9-6-8-29(11-12-30)10-7-27-35(32,33)28-23(31)34-24(3,4)5;1-14-10-17-18(11-15(14)2)22-13-16(12-21)19(17)24-6-3-5-23(7-4-20)8-9-24;1-12(2,3)19-11(16)13-20(17,18)15-8-6-10(7-9-15)14(4)5;/h13-14,16,27H,6-12H2,1-5H3,(H,28,31);10-11,13H,3-9,20H2,1-2H3;6-9H,1-5H3;1H. The highest BCUT2D eigenvalue weighted by molar-refractivity contribution is 7.88. The number of nitrogens with two attached hydrogens (primary N) is 1. The van der Waals surface area contributed by atoms with Gasteiger partial charge in [0.25, 0.3) is 0 Å². The molecule has 3 aromatic heterocycles. The Morgan fingerprint density at radius 3 is 1.51 bits per heavy atom. The number of ether oxygens (including phenoxy) is 2. The van der Waals surface area contributed by atoms with Crippen LogP contribution in [0.25, 0.3) is 21.8 Å². The van der Waals surface area contributed by atoms with Crippen LogP contribution in [-0.2, 0) is 29.9 Å². The van der Waals surface area contributed by atoms with Crippen LogP contribution in [0.4, 0.5) is 26.7 Å². The van der Waals surface area contributed by atoms with Gasteiger partial charge >= 0.3 is 32.6 Å². The Bertz CT molecular complexity index is 3270. The Morgan fingerprint density at radius 2 is 1.10 bits per heavy atom. The van der Waals surface area contributed by atoms with Gasteiger partial charge in [0.05, 0.1) is 33.5 Å². The molecule has 0 spiro atoms. The summed E-state index contributed by atoms with van der Waals surface area (Å²) in [7, 11) is -4.33. The number of anilines is 3. The van der Waals surface area contributed by atoms with Crippen molar-refractivity contribution in [2.24, 2.45) is 5.73 Å². The number of fused-ring (bicyclic) bond motifs is 2. The molecule has 2 aromatic carbocycles. The van der Waals surface area contributed by atoms with E-state index in [0.717, 1.165) is 113 Å². The Morgan fingerprint density at radius 1 is 0.675 bits per heavy atom. The zero-order chi connectivity index (χ0) is 58.5. The molecule has 5 aromatic rings. The van der Waals surface area contributed by atoms with E-state index in [0.29, 0.717) is 37.3 Å². The maximum atomic E-state index is 12.1. The Hall–Kier alpha value is -6.64. The van der Waals surface area contributed by atoms with E-state index in [9.17, 15) is 36.9 Å². The number of benzene rings is 2. The molecule has 2 amide bonds. The summed E-state index contributed by atoms with van der Waals surface area (Å²) in [5.74, 6) is 0. The van der Waals surface area contributed by atoms with Gasteiger partial charge < -0.3 is 52.1 Å². The highest BCUT2D eigenvalue weighted by atomic mass is 35.5. The summed E-state index contributed by atoms with van der Waals surface area (Å²) in [5.41, 5.74) is 14.8. The lowest BCUT2D eigenvalue weighted by Crippen LogP contribution is -3.00. The topological polar surface area (TPSA) is 276 Å². The van der Waals surface area contributed by atoms with Gasteiger partial charge in [0.15, 0.2) is 12.4 Å². The van der Waals surface area contributed by atoms with Gasteiger partial charge in [-0.3, -0.25) is 9.97 Å². The van der Waals surface area contributed by atoms with Crippen LogP contribution in [0, 0.1) is 50.4 Å². The SMILES string of the molecule is CN(C)c1cc[n+](S(=O)(=O)NC(=O)OC(C)(C)C)cc1.Cc1cc2ncc(C#N)c(N3CCCN(CCN)CC3)c2cc1C.Cc1cc2ncc(C#N)c(N3CCCN(CCNS(=O)(=O)NC(=O)OC(C)(C)C)CC3)c2cc1C.[Cl-]. The molecule has 0 bridgehead atoms. The molecule has 2 aliphatic rings. The largest absolute Gasteiger partial charge is 1.00 e. The molecule has 22 nitrogen and oxygen atoms in total. The lowest BCUT2D eigenvalue weighted by atomic mass is 10.0. The first-order valence-electron chi connectivity index (χ1n) is 26.2. The molecule has 0 radical (unpaired) electrons. The first kappa shape index (κ1) is 65.9. The van der Waals surface area contributed by atoms with Crippen molar-refractivity contribution in [3.63, 3.8) is 0 Å². The van der Waals surface area contributed by atoms with Crippen molar-refractivity contribution < 1.29 is 52.3 Å². The number of nitrogens with zero attached hydrogens (tertiary/aromatic N) is 10. The number of nitrogens with one attached hydrogen (secondary N) is 3. The quantitative estimate of drug-likeness (QED) is 0.131. The van der Waals surface area contributed by atoms with Crippen LogP contribution in [-0.4, -0.2) is 153 Å². The molecular weight excluding hydrogens is 1080 g/mol. The van der Waals surface area contributed by atoms with E-state index in [-0.39, 0.29) is 19.0 Å². The minimum atomic E-state index is -4.01. The van der Waals surface area contributed by atoms with E-state index in [4.69, 9.17) is 15.2 Å². The number of carbonyl (C=O) groups is 2. The number of carbonyl (C=O) groups excluding carboxylic acids is 2.